The smallest absolute Gasteiger partial charge is 0.135 e. The minimum absolute atomic E-state index is 0.465. The van der Waals surface area contributed by atoms with Crippen LogP contribution < -0.4 is 4.74 Å². The molecule has 1 aliphatic heterocycles. The highest BCUT2D eigenvalue weighted by Gasteiger charge is 2.50. The molecular formula is C41H24O3. The summed E-state index contributed by atoms with van der Waals surface area (Å²) in [7, 11) is 0. The summed E-state index contributed by atoms with van der Waals surface area (Å²) in [4.78, 5) is 0. The first-order valence-electron chi connectivity index (χ1n) is 14.9. The number of hydrogen-bond acceptors (Lipinski definition) is 3. The van der Waals surface area contributed by atoms with Gasteiger partial charge in [-0.2, -0.15) is 0 Å². The van der Waals surface area contributed by atoms with Gasteiger partial charge >= 0.3 is 0 Å². The van der Waals surface area contributed by atoms with Gasteiger partial charge in [-0.3, -0.25) is 0 Å². The Morgan fingerprint density at radius 1 is 0.386 bits per heavy atom. The summed E-state index contributed by atoms with van der Waals surface area (Å²) in [5.41, 5.74) is 10.7. The van der Waals surface area contributed by atoms with E-state index in [2.05, 4.69) is 103 Å². The van der Waals surface area contributed by atoms with Crippen LogP contribution in [0.5, 0.6) is 11.5 Å². The van der Waals surface area contributed by atoms with Crippen LogP contribution in [0.2, 0.25) is 0 Å². The summed E-state index contributed by atoms with van der Waals surface area (Å²) in [6.45, 7) is 0. The van der Waals surface area contributed by atoms with E-state index >= 15 is 0 Å². The Balaban J connectivity index is 1.13. The topological polar surface area (TPSA) is 35.5 Å². The molecule has 206 valence electrons. The van der Waals surface area contributed by atoms with E-state index in [1.807, 2.05) is 42.5 Å². The number of rotatable bonds is 2. The predicted molar refractivity (Wildman–Crippen MR) is 174 cm³/mol. The first-order chi connectivity index (χ1) is 21.8. The average molecular weight is 565 g/mol. The monoisotopic (exact) mass is 564 g/mol. The summed E-state index contributed by atoms with van der Waals surface area (Å²) in [5, 5.41) is 2.19. The quantitative estimate of drug-likeness (QED) is 0.209. The normalized spacial score (nSPS) is 13.8. The molecule has 6 aromatic carbocycles. The maximum atomic E-state index is 6.68. The lowest BCUT2D eigenvalue weighted by atomic mass is 9.66. The van der Waals surface area contributed by atoms with Crippen molar-refractivity contribution in [1.29, 1.82) is 0 Å². The molecule has 1 aliphatic carbocycles. The summed E-state index contributed by atoms with van der Waals surface area (Å²) >= 11 is 0. The number of ether oxygens (including phenoxy) is 1. The van der Waals surface area contributed by atoms with Gasteiger partial charge in [0.05, 0.1) is 5.41 Å². The van der Waals surface area contributed by atoms with Crippen LogP contribution in [0.15, 0.2) is 154 Å². The zero-order valence-corrected chi connectivity index (χ0v) is 23.6. The highest BCUT2D eigenvalue weighted by Crippen LogP contribution is 2.62. The number of furan rings is 2. The Bertz CT molecular complexity index is 2390. The lowest BCUT2D eigenvalue weighted by molar-refractivity contribution is 0.436. The fraction of sp³-hybridized carbons (Fsp3) is 0.0244. The maximum Gasteiger partial charge on any atom is 0.135 e. The summed E-state index contributed by atoms with van der Waals surface area (Å²) in [5.74, 6) is 3.33. The maximum absolute atomic E-state index is 6.68. The lowest BCUT2D eigenvalue weighted by Gasteiger charge is -2.39. The summed E-state index contributed by atoms with van der Waals surface area (Å²) in [6, 6.07) is 51.0. The van der Waals surface area contributed by atoms with Crippen LogP contribution in [-0.4, -0.2) is 0 Å². The molecule has 2 aromatic heterocycles. The molecule has 0 atom stereocenters. The molecule has 0 unspecified atom stereocenters. The molecule has 0 fully saturated rings. The Morgan fingerprint density at radius 3 is 1.77 bits per heavy atom. The third kappa shape index (κ3) is 3.05. The molecule has 0 radical (unpaired) electrons. The number of benzene rings is 6. The molecule has 1 spiro atoms. The van der Waals surface area contributed by atoms with Crippen LogP contribution in [0, 0.1) is 0 Å². The highest BCUT2D eigenvalue weighted by atomic mass is 16.5. The Hall–Kier alpha value is -5.80. The summed E-state index contributed by atoms with van der Waals surface area (Å²) < 4.78 is 19.2. The molecule has 8 aromatic rings. The Morgan fingerprint density at radius 2 is 0.977 bits per heavy atom. The van der Waals surface area contributed by atoms with Crippen molar-refractivity contribution in [3.8, 4) is 45.3 Å². The number of fused-ring (bicyclic) bond motifs is 12. The van der Waals surface area contributed by atoms with E-state index in [9.17, 15) is 0 Å². The number of para-hydroxylation sites is 2. The molecule has 3 heteroatoms. The van der Waals surface area contributed by atoms with Crippen LogP contribution in [0.25, 0.3) is 55.7 Å². The second-order valence-electron chi connectivity index (χ2n) is 11.6. The zero-order chi connectivity index (χ0) is 28.8. The molecular weight excluding hydrogens is 540 g/mol. The fourth-order valence-corrected chi connectivity index (χ4v) is 7.54. The van der Waals surface area contributed by atoms with E-state index in [1.165, 1.54) is 27.8 Å². The molecule has 3 heterocycles. The van der Waals surface area contributed by atoms with Gasteiger partial charge in [0.1, 0.15) is 34.2 Å². The van der Waals surface area contributed by atoms with Gasteiger partial charge in [-0.05, 0) is 70.8 Å². The molecule has 10 rings (SSSR count). The van der Waals surface area contributed by atoms with Crippen molar-refractivity contribution < 1.29 is 13.6 Å². The van der Waals surface area contributed by atoms with E-state index < -0.39 is 5.41 Å². The van der Waals surface area contributed by atoms with Crippen molar-refractivity contribution in [3.05, 3.63) is 168 Å². The Kier molecular flexibility index (Phi) is 4.65. The van der Waals surface area contributed by atoms with Crippen molar-refractivity contribution in [2.45, 2.75) is 5.41 Å². The van der Waals surface area contributed by atoms with Gasteiger partial charge in [0.2, 0.25) is 0 Å². The van der Waals surface area contributed by atoms with Gasteiger partial charge < -0.3 is 13.6 Å². The van der Waals surface area contributed by atoms with Crippen LogP contribution >= 0.6 is 0 Å². The minimum atomic E-state index is -0.465. The molecule has 3 nitrogen and oxygen atoms in total. The lowest BCUT2D eigenvalue weighted by Crippen LogP contribution is -2.32. The van der Waals surface area contributed by atoms with Gasteiger partial charge in [-0.1, -0.05) is 97.1 Å². The van der Waals surface area contributed by atoms with Crippen molar-refractivity contribution in [3.63, 3.8) is 0 Å². The first-order valence-corrected chi connectivity index (χ1v) is 14.9. The summed E-state index contributed by atoms with van der Waals surface area (Å²) in [6.07, 6.45) is 0. The first kappa shape index (κ1) is 23.7. The van der Waals surface area contributed by atoms with Crippen molar-refractivity contribution in [2.24, 2.45) is 0 Å². The standard InChI is InChI=1S/C41H24O3/c1-4-12-31-27(9-1)28-10-2-5-13-32(28)41(31)33-14-6-8-16-39(33)44-40-24-26(17-19-34(40)41)36-22-21-35(42-36)25-18-20-38-30(23-25)29-11-3-7-15-37(29)43-38/h1-24H. The molecule has 0 saturated heterocycles. The third-order valence-corrected chi connectivity index (χ3v) is 9.40. The molecule has 0 saturated carbocycles. The van der Waals surface area contributed by atoms with E-state index in [1.54, 1.807) is 0 Å². The predicted octanol–water partition coefficient (Wildman–Crippen LogP) is 11.0. The minimum Gasteiger partial charge on any atom is -0.457 e. The van der Waals surface area contributed by atoms with Crippen LogP contribution in [0.1, 0.15) is 22.3 Å². The molecule has 0 N–H and O–H groups in total. The zero-order valence-electron chi connectivity index (χ0n) is 23.6. The largest absolute Gasteiger partial charge is 0.457 e. The van der Waals surface area contributed by atoms with Gasteiger partial charge in [-0.25, -0.2) is 0 Å². The second-order valence-corrected chi connectivity index (χ2v) is 11.6. The Labute approximate surface area is 253 Å². The van der Waals surface area contributed by atoms with Gasteiger partial charge in [0.15, 0.2) is 0 Å². The second kappa shape index (κ2) is 8.62. The van der Waals surface area contributed by atoms with Gasteiger partial charge in [0, 0.05) is 33.0 Å². The third-order valence-electron chi connectivity index (χ3n) is 9.40. The molecule has 2 aliphatic rings. The van der Waals surface area contributed by atoms with E-state index in [0.29, 0.717) is 0 Å². The van der Waals surface area contributed by atoms with Crippen LogP contribution in [0.3, 0.4) is 0 Å². The average Bonchev–Trinajstić information content (AvgIpc) is 3.79. The SMILES string of the molecule is c1ccc2c(c1)Oc1cc(-c3ccc(-c4ccc5oc6ccccc6c5c4)o3)ccc1C21c2ccccc2-c2ccccc21. The molecule has 44 heavy (non-hydrogen) atoms. The highest BCUT2D eigenvalue weighted by molar-refractivity contribution is 6.06. The van der Waals surface area contributed by atoms with Crippen molar-refractivity contribution in [1.82, 2.24) is 0 Å². The fourth-order valence-electron chi connectivity index (χ4n) is 7.54. The van der Waals surface area contributed by atoms with Gasteiger partial charge in [-0.15, -0.1) is 0 Å². The van der Waals surface area contributed by atoms with Crippen molar-refractivity contribution in [2.75, 3.05) is 0 Å². The molecule has 0 amide bonds. The number of hydrogen-bond donors (Lipinski definition) is 0. The van der Waals surface area contributed by atoms with Gasteiger partial charge in [0.25, 0.3) is 0 Å². The van der Waals surface area contributed by atoms with E-state index in [-0.39, 0.29) is 0 Å². The van der Waals surface area contributed by atoms with Crippen molar-refractivity contribution >= 4 is 21.9 Å². The van der Waals surface area contributed by atoms with E-state index in [4.69, 9.17) is 13.6 Å². The van der Waals surface area contributed by atoms with E-state index in [0.717, 1.165) is 61.6 Å². The van der Waals surface area contributed by atoms with Crippen LogP contribution in [-0.2, 0) is 5.41 Å². The van der Waals surface area contributed by atoms with Crippen LogP contribution in [0.4, 0.5) is 0 Å². The molecule has 0 bridgehead atoms.